The summed E-state index contributed by atoms with van der Waals surface area (Å²) in [5.41, 5.74) is 7.86. The average Bonchev–Trinajstić information content (AvgIpc) is 2.94. The van der Waals surface area contributed by atoms with Crippen LogP contribution in [0.5, 0.6) is 5.75 Å². The number of fused-ring (bicyclic) bond motifs is 1. The molecule has 0 spiro atoms. The molecule has 0 unspecified atom stereocenters. The van der Waals surface area contributed by atoms with Gasteiger partial charge in [0.2, 0.25) is 0 Å². The van der Waals surface area contributed by atoms with E-state index >= 15 is 0 Å². The van der Waals surface area contributed by atoms with Gasteiger partial charge < -0.3 is 10.5 Å². The van der Waals surface area contributed by atoms with Crippen molar-refractivity contribution in [2.75, 3.05) is 6.61 Å². The quantitative estimate of drug-likeness (QED) is 0.838. The Hall–Kier alpha value is -2.21. The lowest BCUT2D eigenvalue weighted by molar-refractivity contribution is 0.0962. The van der Waals surface area contributed by atoms with Crippen molar-refractivity contribution in [1.82, 2.24) is 15.0 Å². The Bertz CT molecular complexity index is 636. The van der Waals surface area contributed by atoms with E-state index in [2.05, 4.69) is 10.3 Å². The van der Waals surface area contributed by atoms with Crippen molar-refractivity contribution in [3.8, 4) is 5.75 Å². The number of ether oxygens (including phenoxy) is 1. The normalized spacial score (nSPS) is 13.7. The fourth-order valence-corrected chi connectivity index (χ4v) is 2.35. The number of hydrogen-bond acceptors (Lipinski definition) is 5. The van der Waals surface area contributed by atoms with Crippen LogP contribution in [0.2, 0.25) is 0 Å². The number of Topliss-reactive ketones (excluding diaryl/α,β-unsaturated/α-hetero) is 1. The smallest absolute Gasteiger partial charge is 0.188 e. The number of aromatic nitrogens is 3. The van der Waals surface area contributed by atoms with E-state index in [0.717, 1.165) is 24.2 Å². The van der Waals surface area contributed by atoms with Gasteiger partial charge in [0.1, 0.15) is 12.3 Å². The van der Waals surface area contributed by atoms with Crippen molar-refractivity contribution in [2.24, 2.45) is 5.73 Å². The Kier molecular flexibility index (Phi) is 3.47. The van der Waals surface area contributed by atoms with Gasteiger partial charge in [0.25, 0.3) is 0 Å². The lowest BCUT2D eigenvalue weighted by Crippen LogP contribution is -2.16. The first-order valence-electron chi connectivity index (χ1n) is 6.65. The molecule has 1 aliphatic rings. The van der Waals surface area contributed by atoms with Gasteiger partial charge in [-0.1, -0.05) is 17.3 Å². The van der Waals surface area contributed by atoms with Gasteiger partial charge in [0.05, 0.1) is 24.1 Å². The van der Waals surface area contributed by atoms with E-state index in [1.807, 2.05) is 12.1 Å². The zero-order valence-electron chi connectivity index (χ0n) is 11.1. The predicted molar refractivity (Wildman–Crippen MR) is 72.5 cm³/mol. The second kappa shape index (κ2) is 5.42. The number of aryl methyl sites for hydroxylation is 1. The summed E-state index contributed by atoms with van der Waals surface area (Å²) in [6.45, 7) is 1.13. The molecule has 2 aromatic rings. The van der Waals surface area contributed by atoms with Crippen LogP contribution in [0.3, 0.4) is 0 Å². The number of hydrogen-bond donors (Lipinski definition) is 1. The molecule has 1 aromatic carbocycles. The molecule has 20 heavy (non-hydrogen) atoms. The molecule has 0 saturated carbocycles. The minimum atomic E-state index is -0.0304. The summed E-state index contributed by atoms with van der Waals surface area (Å²) in [6, 6.07) is 5.70. The van der Waals surface area contributed by atoms with E-state index in [9.17, 15) is 4.79 Å². The molecule has 0 radical (unpaired) electrons. The van der Waals surface area contributed by atoms with E-state index in [0.29, 0.717) is 24.4 Å². The second-order valence-electron chi connectivity index (χ2n) is 4.78. The van der Waals surface area contributed by atoms with Crippen molar-refractivity contribution in [2.45, 2.75) is 25.9 Å². The number of rotatable bonds is 4. The van der Waals surface area contributed by atoms with Gasteiger partial charge in [-0.2, -0.15) is 0 Å². The van der Waals surface area contributed by atoms with Gasteiger partial charge in [0, 0.05) is 6.54 Å². The van der Waals surface area contributed by atoms with Crippen LogP contribution in [0, 0.1) is 0 Å². The fraction of sp³-hybridized carbons (Fsp3) is 0.357. The molecule has 0 fully saturated rings. The first-order chi connectivity index (χ1) is 9.78. The number of carbonyl (C=O) groups is 1. The fourth-order valence-electron chi connectivity index (χ4n) is 2.35. The Morgan fingerprint density at radius 1 is 1.45 bits per heavy atom. The summed E-state index contributed by atoms with van der Waals surface area (Å²) < 4.78 is 7.16. The number of carbonyl (C=O) groups excluding carboxylic acids is 1. The summed E-state index contributed by atoms with van der Waals surface area (Å²) >= 11 is 0. The lowest BCUT2D eigenvalue weighted by atomic mass is 10.00. The summed E-state index contributed by atoms with van der Waals surface area (Å²) in [7, 11) is 0. The molecule has 3 rings (SSSR count). The van der Waals surface area contributed by atoms with Crippen LogP contribution in [0.4, 0.5) is 0 Å². The topological polar surface area (TPSA) is 83.0 Å². The van der Waals surface area contributed by atoms with Gasteiger partial charge >= 0.3 is 0 Å². The Balaban J connectivity index is 1.83. The zero-order valence-corrected chi connectivity index (χ0v) is 11.1. The van der Waals surface area contributed by atoms with Crippen LogP contribution in [0.1, 0.15) is 28.0 Å². The minimum Gasteiger partial charge on any atom is -0.493 e. The summed E-state index contributed by atoms with van der Waals surface area (Å²) in [5.74, 6) is 0.695. The van der Waals surface area contributed by atoms with E-state index in [1.54, 1.807) is 12.3 Å². The van der Waals surface area contributed by atoms with Crippen molar-refractivity contribution < 1.29 is 9.53 Å². The highest BCUT2D eigenvalue weighted by atomic mass is 16.5. The molecule has 1 aliphatic heterocycles. The first kappa shape index (κ1) is 12.8. The molecule has 0 atom stereocenters. The molecule has 6 heteroatoms. The maximum absolute atomic E-state index is 12.4. The molecule has 0 aliphatic carbocycles. The third-order valence-electron chi connectivity index (χ3n) is 3.33. The zero-order chi connectivity index (χ0) is 13.9. The van der Waals surface area contributed by atoms with Crippen LogP contribution in [-0.2, 0) is 19.5 Å². The molecule has 6 nitrogen and oxygen atoms in total. The monoisotopic (exact) mass is 272 g/mol. The van der Waals surface area contributed by atoms with Crippen molar-refractivity contribution >= 4 is 5.78 Å². The SMILES string of the molecule is NCc1cn(CC(=O)c2cccc3c2OCCC3)nn1. The minimum absolute atomic E-state index is 0.0304. The number of para-hydroxylation sites is 1. The molecule has 0 bridgehead atoms. The number of nitrogens with two attached hydrogens (primary N) is 1. The van der Waals surface area contributed by atoms with Crippen LogP contribution in [0.15, 0.2) is 24.4 Å². The Morgan fingerprint density at radius 2 is 2.35 bits per heavy atom. The molecular weight excluding hydrogens is 256 g/mol. The maximum atomic E-state index is 12.4. The van der Waals surface area contributed by atoms with Crippen LogP contribution in [-0.4, -0.2) is 27.4 Å². The number of benzene rings is 1. The van der Waals surface area contributed by atoms with Crippen LogP contribution < -0.4 is 10.5 Å². The second-order valence-corrected chi connectivity index (χ2v) is 4.78. The summed E-state index contributed by atoms with van der Waals surface area (Å²) in [6.07, 6.45) is 3.64. The van der Waals surface area contributed by atoms with Crippen molar-refractivity contribution in [3.05, 3.63) is 41.2 Å². The van der Waals surface area contributed by atoms with E-state index in [1.165, 1.54) is 4.68 Å². The lowest BCUT2D eigenvalue weighted by Gasteiger charge is -2.19. The van der Waals surface area contributed by atoms with E-state index in [-0.39, 0.29) is 12.3 Å². The number of ketones is 1. The summed E-state index contributed by atoms with van der Waals surface area (Å²) in [4.78, 5) is 12.4. The van der Waals surface area contributed by atoms with E-state index in [4.69, 9.17) is 10.5 Å². The predicted octanol–water partition coefficient (Wildman–Crippen LogP) is 0.945. The number of nitrogens with zero attached hydrogens (tertiary/aromatic N) is 3. The molecule has 2 heterocycles. The van der Waals surface area contributed by atoms with Crippen molar-refractivity contribution in [3.63, 3.8) is 0 Å². The van der Waals surface area contributed by atoms with Gasteiger partial charge in [-0.3, -0.25) is 4.79 Å². The third-order valence-corrected chi connectivity index (χ3v) is 3.33. The molecule has 0 amide bonds. The standard InChI is InChI=1S/C14H16N4O2/c15-7-11-8-18(17-16-11)9-13(19)12-5-1-3-10-4-2-6-20-14(10)12/h1,3,5,8H,2,4,6-7,9,15H2. The Labute approximate surface area is 116 Å². The highest BCUT2D eigenvalue weighted by Crippen LogP contribution is 2.29. The summed E-state index contributed by atoms with van der Waals surface area (Å²) in [5, 5.41) is 7.76. The van der Waals surface area contributed by atoms with Gasteiger partial charge in [-0.05, 0) is 24.5 Å². The molecule has 104 valence electrons. The largest absolute Gasteiger partial charge is 0.493 e. The Morgan fingerprint density at radius 3 is 3.15 bits per heavy atom. The van der Waals surface area contributed by atoms with Gasteiger partial charge in [-0.25, -0.2) is 4.68 Å². The van der Waals surface area contributed by atoms with Crippen LogP contribution in [0.25, 0.3) is 0 Å². The van der Waals surface area contributed by atoms with E-state index < -0.39 is 0 Å². The molecule has 2 N–H and O–H groups in total. The van der Waals surface area contributed by atoms with Gasteiger partial charge in [-0.15, -0.1) is 5.10 Å². The maximum Gasteiger partial charge on any atom is 0.188 e. The van der Waals surface area contributed by atoms with Crippen LogP contribution >= 0.6 is 0 Å². The molecule has 1 aromatic heterocycles. The average molecular weight is 272 g/mol. The highest BCUT2D eigenvalue weighted by Gasteiger charge is 2.19. The molecular formula is C14H16N4O2. The van der Waals surface area contributed by atoms with Gasteiger partial charge in [0.15, 0.2) is 5.78 Å². The first-order valence-corrected chi connectivity index (χ1v) is 6.65. The molecule has 0 saturated heterocycles. The highest BCUT2D eigenvalue weighted by molar-refractivity contribution is 5.98. The third kappa shape index (κ3) is 2.42. The van der Waals surface area contributed by atoms with Crippen molar-refractivity contribution in [1.29, 1.82) is 0 Å².